The van der Waals surface area contributed by atoms with Crippen molar-refractivity contribution in [2.45, 2.75) is 51.4 Å². The van der Waals surface area contributed by atoms with E-state index in [0.29, 0.717) is 4.57 Å². The Hall–Kier alpha value is -6.37. The summed E-state index contributed by atoms with van der Waals surface area (Å²) in [5.41, 5.74) is -4.00. The fraction of sp³-hybridized carbons (Fsp3) is 0.229. The van der Waals surface area contributed by atoms with Gasteiger partial charge in [0.2, 0.25) is 0 Å². The minimum Gasteiger partial charge on any atom is -0.443 e. The number of carbonyl (C=O) groups is 1. The lowest BCUT2D eigenvalue weighted by Crippen LogP contribution is -2.32. The number of nitrogens with zero attached hydrogens (tertiary/aromatic N) is 2. The van der Waals surface area contributed by atoms with Gasteiger partial charge >= 0.3 is 49.7 Å². The van der Waals surface area contributed by atoms with E-state index in [0.717, 1.165) is 77.4 Å². The normalized spacial score (nSPS) is 12.3. The van der Waals surface area contributed by atoms with Crippen molar-refractivity contribution >= 4 is 40.7 Å². The van der Waals surface area contributed by atoms with Crippen molar-refractivity contribution in [3.63, 3.8) is 0 Å². The number of alkyl halides is 12. The van der Waals surface area contributed by atoms with Crippen LogP contribution in [0.25, 0.3) is 27.8 Å². The Morgan fingerprint density at radius 2 is 1.07 bits per heavy atom. The molecule has 6 aromatic rings. The molecule has 6 rings (SSSR count). The third kappa shape index (κ3) is 12.6. The molecule has 322 valence electrons. The Morgan fingerprint density at radius 1 is 0.600 bits per heavy atom. The van der Waals surface area contributed by atoms with Crippen molar-refractivity contribution in [3.05, 3.63) is 117 Å². The van der Waals surface area contributed by atoms with E-state index in [1.54, 1.807) is 20.8 Å². The van der Waals surface area contributed by atoms with Crippen LogP contribution in [-0.2, 0) is 17.1 Å². The average molecular weight is 870 g/mol. The second-order valence-corrected chi connectivity index (χ2v) is 13.0. The van der Waals surface area contributed by atoms with Crippen LogP contribution in [0.3, 0.4) is 0 Å². The lowest BCUT2D eigenvalue weighted by atomic mass is 9.80. The lowest BCUT2D eigenvalue weighted by molar-refractivity contribution is -0.275. The molecule has 0 atom stereocenters. The number of rotatable bonds is 4. The van der Waals surface area contributed by atoms with Gasteiger partial charge in [-0.3, -0.25) is 4.57 Å². The number of aromatic nitrogens is 4. The molecule has 0 aliphatic carbocycles. The highest BCUT2D eigenvalue weighted by Crippen LogP contribution is 2.33. The van der Waals surface area contributed by atoms with E-state index >= 15 is 0 Å². The molecule has 0 aliphatic rings. The van der Waals surface area contributed by atoms with Gasteiger partial charge in [0, 0.05) is 0 Å². The van der Waals surface area contributed by atoms with Crippen molar-refractivity contribution in [1.29, 1.82) is 0 Å². The van der Waals surface area contributed by atoms with Crippen LogP contribution >= 0.6 is 0 Å². The first kappa shape index (κ1) is 46.3. The van der Waals surface area contributed by atoms with E-state index in [4.69, 9.17) is 14.8 Å². The maximum Gasteiger partial charge on any atom is 0.573 e. The molecule has 0 fully saturated rings. The lowest BCUT2D eigenvalue weighted by Gasteiger charge is -2.19. The van der Waals surface area contributed by atoms with E-state index in [2.05, 4.69) is 19.4 Å². The third-order valence-electron chi connectivity index (χ3n) is 7.34. The first-order valence-corrected chi connectivity index (χ1v) is 16.4. The monoisotopic (exact) mass is 870 g/mol. The molecule has 0 saturated heterocycles. The number of hydrogen-bond donors (Lipinski definition) is 4. The fourth-order valence-corrected chi connectivity index (χ4v) is 4.95. The molecule has 2 heterocycles. The Morgan fingerprint density at radius 3 is 1.53 bits per heavy atom. The highest BCUT2D eigenvalue weighted by atomic mass is 19.4. The van der Waals surface area contributed by atoms with E-state index in [-0.39, 0.29) is 33.2 Å². The van der Waals surface area contributed by atoms with Gasteiger partial charge in [0.05, 0.1) is 38.9 Å². The molecular formula is C35H27BF12N4O8. The summed E-state index contributed by atoms with van der Waals surface area (Å²) in [6.45, 7) is 4.77. The zero-order chi connectivity index (χ0) is 45.2. The maximum atomic E-state index is 12.7. The minimum atomic E-state index is -4.85. The van der Waals surface area contributed by atoms with E-state index in [9.17, 15) is 67.1 Å². The number of fused-ring (bicyclic) bond motifs is 2. The molecule has 0 bridgehead atoms. The van der Waals surface area contributed by atoms with Crippen molar-refractivity contribution in [2.75, 3.05) is 0 Å². The van der Waals surface area contributed by atoms with Crippen molar-refractivity contribution in [2.24, 2.45) is 0 Å². The molecule has 0 spiro atoms. The van der Waals surface area contributed by atoms with Gasteiger partial charge in [0.1, 0.15) is 17.1 Å². The highest BCUT2D eigenvalue weighted by Gasteiger charge is 2.34. The zero-order valence-electron chi connectivity index (χ0n) is 30.4. The summed E-state index contributed by atoms with van der Waals surface area (Å²) in [5, 5.41) is 17.3. The summed E-state index contributed by atoms with van der Waals surface area (Å²) in [6.07, 6.45) is -19.8. The van der Waals surface area contributed by atoms with Crippen LogP contribution in [0.15, 0.2) is 94.5 Å². The smallest absolute Gasteiger partial charge is 0.443 e. The maximum absolute atomic E-state index is 12.7. The summed E-state index contributed by atoms with van der Waals surface area (Å²) in [7, 11) is -1.70. The summed E-state index contributed by atoms with van der Waals surface area (Å²) >= 11 is 0. The second kappa shape index (κ2) is 17.1. The molecule has 12 nitrogen and oxygen atoms in total. The van der Waals surface area contributed by atoms with Gasteiger partial charge in [-0.15, -0.1) is 26.3 Å². The first-order valence-electron chi connectivity index (χ1n) is 16.4. The standard InChI is InChI=1S/C15H8F6N2O2.C13H13F3N2O3.C7H6BF3O3/c16-14(17,18)8-1-6-12-11(7-8)22-13(24)23(12)9-2-4-10(5-3-9)25-15(19,20)21;1-12(2,3)21-11(20)18-9-6-7(13(14,15)16)4-5-8(9)17-10(18)19;9-7(10,11)14-6-3-1-5(2-4-6)8(12)13/h1-7H,(H,22,24);4-6H,1-3H3,(H,17,19);1-4,12-13H. The topological polar surface area (TPSA) is 161 Å². The van der Waals surface area contributed by atoms with Crippen LogP contribution in [0, 0.1) is 0 Å². The molecule has 0 unspecified atom stereocenters. The number of ether oxygens (including phenoxy) is 3. The number of H-pyrrole nitrogens is 2. The largest absolute Gasteiger partial charge is 0.573 e. The van der Waals surface area contributed by atoms with Crippen LogP contribution in [0.1, 0.15) is 31.9 Å². The highest BCUT2D eigenvalue weighted by molar-refractivity contribution is 6.58. The number of imidazole rings is 2. The number of carbonyl (C=O) groups excluding carboxylic acids is 1. The molecule has 0 amide bonds. The molecule has 0 saturated carbocycles. The van der Waals surface area contributed by atoms with Gasteiger partial charge in [-0.25, -0.2) is 14.4 Å². The number of hydrogen-bond acceptors (Lipinski definition) is 8. The molecular weight excluding hydrogens is 843 g/mol. The molecule has 60 heavy (non-hydrogen) atoms. The Balaban J connectivity index is 0.000000207. The van der Waals surface area contributed by atoms with Gasteiger partial charge in [0.25, 0.3) is 0 Å². The number of benzene rings is 4. The van der Waals surface area contributed by atoms with E-state index in [1.807, 2.05) is 0 Å². The van der Waals surface area contributed by atoms with Crippen LogP contribution in [0.5, 0.6) is 11.5 Å². The Kier molecular flexibility index (Phi) is 13.2. The molecule has 4 N–H and O–H groups in total. The van der Waals surface area contributed by atoms with Gasteiger partial charge in [-0.05, 0) is 99.0 Å². The second-order valence-electron chi connectivity index (χ2n) is 13.0. The summed E-state index contributed by atoms with van der Waals surface area (Å²) in [4.78, 5) is 40.3. The fourth-order valence-electron chi connectivity index (χ4n) is 4.95. The van der Waals surface area contributed by atoms with Gasteiger partial charge in [0.15, 0.2) is 0 Å². The summed E-state index contributed by atoms with van der Waals surface area (Å²) in [6, 6.07) is 14.0. The van der Waals surface area contributed by atoms with Crippen LogP contribution < -0.4 is 26.3 Å². The summed E-state index contributed by atoms with van der Waals surface area (Å²) in [5.74, 6) is -0.884. The zero-order valence-corrected chi connectivity index (χ0v) is 30.4. The van der Waals surface area contributed by atoms with Crippen molar-refractivity contribution in [1.82, 2.24) is 19.1 Å². The Labute approximate surface area is 327 Å². The molecule has 25 heteroatoms. The Bertz CT molecular complexity index is 2550. The predicted octanol–water partition coefficient (Wildman–Crippen LogP) is 7.63. The van der Waals surface area contributed by atoms with Crippen LogP contribution in [0.2, 0.25) is 0 Å². The number of halogens is 12. The van der Waals surface area contributed by atoms with E-state index in [1.165, 1.54) is 12.1 Å². The van der Waals surface area contributed by atoms with Crippen molar-refractivity contribution in [3.8, 4) is 17.2 Å². The molecule has 0 aliphatic heterocycles. The predicted molar refractivity (Wildman–Crippen MR) is 188 cm³/mol. The molecule has 4 aromatic carbocycles. The third-order valence-corrected chi connectivity index (χ3v) is 7.34. The number of nitrogens with one attached hydrogen (secondary N) is 2. The average Bonchev–Trinajstić information content (AvgIpc) is 3.60. The first-order chi connectivity index (χ1) is 27.4. The van der Waals surface area contributed by atoms with Crippen molar-refractivity contribution < 1.29 is 81.7 Å². The minimum absolute atomic E-state index is 0.0459. The molecule has 2 aromatic heterocycles. The van der Waals surface area contributed by atoms with Crippen LogP contribution in [0.4, 0.5) is 57.5 Å². The van der Waals surface area contributed by atoms with Gasteiger partial charge in [-0.1, -0.05) is 12.1 Å². The summed E-state index contributed by atoms with van der Waals surface area (Å²) < 4.78 is 162. The van der Waals surface area contributed by atoms with Gasteiger partial charge < -0.3 is 34.2 Å². The van der Waals surface area contributed by atoms with Crippen LogP contribution in [-0.4, -0.2) is 60.7 Å². The quantitative estimate of drug-likeness (QED) is 0.104. The van der Waals surface area contributed by atoms with E-state index < -0.39 is 77.9 Å². The number of aromatic amines is 2. The van der Waals surface area contributed by atoms with Gasteiger partial charge in [-0.2, -0.15) is 30.9 Å². The SMILES string of the molecule is CC(C)(C)OC(=O)n1c(=O)[nH]c2ccc(C(F)(F)F)cc21.O=c1[nH]c2cc(C(F)(F)F)ccc2n1-c1ccc(OC(F)(F)F)cc1.OB(O)c1ccc(OC(F)(F)F)cc1. The molecule has 0 radical (unpaired) electrons.